The van der Waals surface area contributed by atoms with Crippen molar-refractivity contribution in [2.45, 2.75) is 71.6 Å². The number of hydrogen-bond donors (Lipinski definition) is 0. The Hall–Kier alpha value is -7.62. The lowest BCUT2D eigenvalue weighted by atomic mass is 9.81. The Kier molecular flexibility index (Phi) is 10.3. The first-order valence-corrected chi connectivity index (χ1v) is 24.0. The number of hydrogen-bond acceptors (Lipinski definition) is 3. The highest BCUT2D eigenvalue weighted by Gasteiger charge is 2.40. The van der Waals surface area contributed by atoms with Crippen LogP contribution in [0.4, 0.5) is 34.1 Å². The molecule has 0 amide bonds. The molecule has 0 spiro atoms. The molecule has 1 heterocycles. The predicted octanol–water partition coefficient (Wildman–Crippen LogP) is 18.8. The van der Waals surface area contributed by atoms with E-state index >= 15 is 0 Å². The van der Waals surface area contributed by atoms with Crippen LogP contribution in [0.3, 0.4) is 0 Å². The molecular weight excluding hydrogens is 825 g/mol. The second-order valence-corrected chi connectivity index (χ2v) is 21.1. The van der Waals surface area contributed by atoms with E-state index < -0.39 is 0 Å². The molecule has 334 valence electrons. The van der Waals surface area contributed by atoms with Gasteiger partial charge in [-0.25, -0.2) is 0 Å². The molecule has 1 aliphatic carbocycles. The Morgan fingerprint density at radius 3 is 1.32 bits per heavy atom. The van der Waals surface area contributed by atoms with Crippen LogP contribution in [0.5, 0.6) is 0 Å². The number of rotatable bonds is 8. The van der Waals surface area contributed by atoms with Crippen LogP contribution in [-0.2, 0) is 16.2 Å². The molecule has 0 radical (unpaired) electrons. The van der Waals surface area contributed by atoms with Gasteiger partial charge in [0.1, 0.15) is 11.2 Å². The Labute approximate surface area is 402 Å². The average molecular weight is 883 g/mol. The van der Waals surface area contributed by atoms with Gasteiger partial charge in [-0.1, -0.05) is 189 Å². The number of fused-ring (bicyclic) bond motifs is 7. The lowest BCUT2D eigenvalue weighted by Crippen LogP contribution is -2.18. The lowest BCUT2D eigenvalue weighted by Gasteiger charge is -2.30. The van der Waals surface area contributed by atoms with E-state index in [-0.39, 0.29) is 16.2 Å². The maximum absolute atomic E-state index is 7.11. The number of nitrogens with zero attached hydrogens (tertiary/aromatic N) is 2. The third-order valence-corrected chi connectivity index (χ3v) is 14.2. The van der Waals surface area contributed by atoms with Crippen molar-refractivity contribution < 1.29 is 4.42 Å². The van der Waals surface area contributed by atoms with Gasteiger partial charge in [0.25, 0.3) is 0 Å². The van der Waals surface area contributed by atoms with Gasteiger partial charge in [-0.2, -0.15) is 0 Å². The monoisotopic (exact) mass is 882 g/mol. The van der Waals surface area contributed by atoms with Crippen molar-refractivity contribution in [1.29, 1.82) is 0 Å². The standard InChI is InChI=1S/C65H58N2O/c1-63(2,3)47-27-35-50(36-28-47)66(49-31-23-45(24-32-49)43-17-11-9-12-18-43)53-39-40-54-56(41-53)65(7,8)57-42-58(61-55-21-15-16-22-59(55)68-62(61)60(54)57)67(52-37-29-48(30-38-52)64(4,5)6)51-33-25-46(26-34-51)44-19-13-10-14-20-44/h9-42H,1-8H3. The van der Waals surface area contributed by atoms with Crippen molar-refractivity contribution in [3.63, 3.8) is 0 Å². The molecule has 0 N–H and O–H groups in total. The fraction of sp³-hybridized carbons (Fsp3) is 0.169. The molecule has 9 aromatic carbocycles. The van der Waals surface area contributed by atoms with E-state index in [1.807, 2.05) is 0 Å². The van der Waals surface area contributed by atoms with Gasteiger partial charge in [0.05, 0.1) is 11.1 Å². The van der Waals surface area contributed by atoms with Gasteiger partial charge in [-0.3, -0.25) is 0 Å². The first-order chi connectivity index (χ1) is 32.7. The molecule has 0 unspecified atom stereocenters. The number of benzene rings is 9. The van der Waals surface area contributed by atoms with Crippen LogP contribution in [0.1, 0.15) is 77.6 Å². The average Bonchev–Trinajstić information content (AvgIpc) is 3.84. The summed E-state index contributed by atoms with van der Waals surface area (Å²) in [6, 6.07) is 75.6. The zero-order valence-electron chi connectivity index (χ0n) is 40.4. The van der Waals surface area contributed by atoms with E-state index in [4.69, 9.17) is 4.42 Å². The molecule has 0 saturated carbocycles. The highest BCUT2D eigenvalue weighted by Crippen LogP contribution is 2.57. The van der Waals surface area contributed by atoms with Crippen LogP contribution < -0.4 is 9.80 Å². The topological polar surface area (TPSA) is 19.6 Å². The Morgan fingerprint density at radius 2 is 0.824 bits per heavy atom. The van der Waals surface area contributed by atoms with Crippen LogP contribution >= 0.6 is 0 Å². The molecule has 11 rings (SSSR count). The molecule has 68 heavy (non-hydrogen) atoms. The van der Waals surface area contributed by atoms with Gasteiger partial charge in [-0.05, 0) is 134 Å². The van der Waals surface area contributed by atoms with Crippen LogP contribution in [-0.4, -0.2) is 0 Å². The molecule has 1 aliphatic rings. The van der Waals surface area contributed by atoms with E-state index in [1.54, 1.807) is 0 Å². The summed E-state index contributed by atoms with van der Waals surface area (Å²) >= 11 is 0. The zero-order chi connectivity index (χ0) is 47.0. The normalized spacial score (nSPS) is 13.1. The van der Waals surface area contributed by atoms with Crippen molar-refractivity contribution >= 4 is 56.1 Å². The zero-order valence-corrected chi connectivity index (χ0v) is 40.4. The second-order valence-electron chi connectivity index (χ2n) is 21.1. The van der Waals surface area contributed by atoms with Gasteiger partial charge >= 0.3 is 0 Å². The van der Waals surface area contributed by atoms with Crippen LogP contribution in [0.25, 0.3) is 55.3 Å². The molecule has 10 aromatic rings. The third-order valence-electron chi connectivity index (χ3n) is 14.2. The Balaban J connectivity index is 1.10. The molecule has 3 nitrogen and oxygen atoms in total. The summed E-state index contributed by atoms with van der Waals surface area (Å²) in [6.07, 6.45) is 0. The summed E-state index contributed by atoms with van der Waals surface area (Å²) in [6.45, 7) is 18.4. The molecule has 0 fully saturated rings. The summed E-state index contributed by atoms with van der Waals surface area (Å²) in [5, 5.41) is 2.21. The largest absolute Gasteiger partial charge is 0.455 e. The Bertz CT molecular complexity index is 3440. The van der Waals surface area contributed by atoms with Crippen LogP contribution in [0, 0.1) is 0 Å². The predicted molar refractivity (Wildman–Crippen MR) is 289 cm³/mol. The smallest absolute Gasteiger partial charge is 0.145 e. The molecule has 1 aromatic heterocycles. The summed E-state index contributed by atoms with van der Waals surface area (Å²) < 4.78 is 7.11. The minimum Gasteiger partial charge on any atom is -0.455 e. The van der Waals surface area contributed by atoms with Gasteiger partial charge in [0.2, 0.25) is 0 Å². The summed E-state index contributed by atoms with van der Waals surface area (Å²) in [7, 11) is 0. The maximum atomic E-state index is 7.11. The van der Waals surface area contributed by atoms with Gasteiger partial charge in [0.15, 0.2) is 0 Å². The molecule has 0 saturated heterocycles. The number of furan rings is 1. The van der Waals surface area contributed by atoms with Crippen molar-refractivity contribution in [3.05, 3.63) is 229 Å². The van der Waals surface area contributed by atoms with E-state index in [9.17, 15) is 0 Å². The van der Waals surface area contributed by atoms with Crippen LogP contribution in [0.15, 0.2) is 211 Å². The van der Waals surface area contributed by atoms with Crippen LogP contribution in [0.2, 0.25) is 0 Å². The number of anilines is 6. The fourth-order valence-corrected chi connectivity index (χ4v) is 10.3. The Morgan fingerprint density at radius 1 is 0.397 bits per heavy atom. The minimum absolute atomic E-state index is 0.0218. The van der Waals surface area contributed by atoms with Crippen molar-refractivity contribution in [3.8, 4) is 33.4 Å². The molecule has 0 aliphatic heterocycles. The van der Waals surface area contributed by atoms with E-state index in [0.717, 1.165) is 56.1 Å². The molecular formula is C65H58N2O. The van der Waals surface area contributed by atoms with Gasteiger partial charge < -0.3 is 14.2 Å². The first-order valence-electron chi connectivity index (χ1n) is 24.0. The van der Waals surface area contributed by atoms with Gasteiger partial charge in [0, 0.05) is 44.8 Å². The SMILES string of the molecule is CC(C)(C)c1ccc(N(c2ccc(-c3ccccc3)cc2)c2ccc3c(c2)C(C)(C)c2cc(N(c4ccc(-c5ccccc5)cc4)c4ccc(C(C)(C)C)cc4)c4c(oc5ccccc54)c2-3)cc1. The number of para-hydroxylation sites is 1. The quantitative estimate of drug-likeness (QED) is 0.152. The van der Waals surface area contributed by atoms with E-state index in [1.165, 1.54) is 55.6 Å². The lowest BCUT2D eigenvalue weighted by molar-refractivity contribution is 0.590. The minimum atomic E-state index is -0.375. The summed E-state index contributed by atoms with van der Waals surface area (Å²) in [4.78, 5) is 4.85. The highest BCUT2D eigenvalue weighted by molar-refractivity contribution is 6.19. The summed E-state index contributed by atoms with van der Waals surface area (Å²) in [5.41, 5.74) is 20.4. The van der Waals surface area contributed by atoms with Gasteiger partial charge in [-0.15, -0.1) is 0 Å². The molecule has 3 heteroatoms. The van der Waals surface area contributed by atoms with E-state index in [2.05, 4.69) is 271 Å². The maximum Gasteiger partial charge on any atom is 0.145 e. The first kappa shape index (κ1) is 43.0. The van der Waals surface area contributed by atoms with Crippen molar-refractivity contribution in [2.24, 2.45) is 0 Å². The molecule has 0 atom stereocenters. The van der Waals surface area contributed by atoms with Crippen molar-refractivity contribution in [2.75, 3.05) is 9.80 Å². The summed E-state index contributed by atoms with van der Waals surface area (Å²) in [5.74, 6) is 0. The highest BCUT2D eigenvalue weighted by atomic mass is 16.3. The van der Waals surface area contributed by atoms with Crippen molar-refractivity contribution in [1.82, 2.24) is 0 Å². The third kappa shape index (κ3) is 7.47. The fourth-order valence-electron chi connectivity index (χ4n) is 10.3. The molecule has 0 bridgehead atoms. The van der Waals surface area contributed by atoms with E-state index in [0.29, 0.717) is 0 Å². The second kappa shape index (κ2) is 16.3.